The van der Waals surface area contributed by atoms with Crippen LogP contribution in [0, 0.1) is 0 Å². The molecule has 1 aromatic carbocycles. The zero-order valence-corrected chi connectivity index (χ0v) is 16.4. The summed E-state index contributed by atoms with van der Waals surface area (Å²) in [7, 11) is 1.40. The number of rotatable bonds is 8. The molecule has 3 amide bonds. The van der Waals surface area contributed by atoms with Crippen LogP contribution in [0.2, 0.25) is 0 Å². The molecule has 3 rings (SSSR count). The zero-order valence-electron chi connectivity index (χ0n) is 15.6. The Balaban J connectivity index is 1.56. The van der Waals surface area contributed by atoms with Gasteiger partial charge in [-0.15, -0.1) is 0 Å². The number of ether oxygens (including phenoxy) is 2. The average Bonchev–Trinajstić information content (AvgIpc) is 3.32. The van der Waals surface area contributed by atoms with Crippen LogP contribution in [0.15, 0.2) is 36.0 Å². The number of methoxy groups -OCH3 is 1. The number of carbonyl (C=O) groups is 4. The number of thioether (sulfide) groups is 1. The van der Waals surface area contributed by atoms with Crippen LogP contribution in [0.3, 0.4) is 0 Å². The van der Waals surface area contributed by atoms with Crippen molar-refractivity contribution in [3.8, 4) is 11.5 Å². The molecule has 1 aliphatic rings. The van der Waals surface area contributed by atoms with Crippen LogP contribution in [0.5, 0.6) is 11.5 Å². The molecule has 13 heteroatoms. The van der Waals surface area contributed by atoms with Gasteiger partial charge in [0.2, 0.25) is 5.91 Å². The van der Waals surface area contributed by atoms with Crippen molar-refractivity contribution in [3.05, 3.63) is 36.4 Å². The normalized spacial score (nSPS) is 15.8. The van der Waals surface area contributed by atoms with E-state index in [0.717, 1.165) is 11.8 Å². The van der Waals surface area contributed by atoms with Gasteiger partial charge in [-0.05, 0) is 23.8 Å². The topological polar surface area (TPSA) is 154 Å². The fourth-order valence-corrected chi connectivity index (χ4v) is 3.17. The van der Waals surface area contributed by atoms with E-state index in [1.54, 1.807) is 12.1 Å². The minimum Gasteiger partial charge on any atom is -0.493 e. The molecule has 1 saturated heterocycles. The fraction of sp³-hybridized carbons (Fsp3) is 0.235. The van der Waals surface area contributed by atoms with Gasteiger partial charge in [-0.3, -0.25) is 24.5 Å². The predicted molar refractivity (Wildman–Crippen MR) is 104 cm³/mol. The number of imide groups is 1. The molecule has 1 aliphatic heterocycles. The van der Waals surface area contributed by atoms with Crippen LogP contribution in [0.1, 0.15) is 12.0 Å². The number of nitrogens with one attached hydrogen (secondary N) is 2. The first-order chi connectivity index (χ1) is 14.4. The molecule has 12 nitrogen and oxygen atoms in total. The molecular formula is C17H16N6O6S. The molecule has 2 heterocycles. The lowest BCUT2D eigenvalue weighted by Gasteiger charge is -2.10. The van der Waals surface area contributed by atoms with Gasteiger partial charge in [0.1, 0.15) is 24.4 Å². The first kappa shape index (κ1) is 21.0. The summed E-state index contributed by atoms with van der Waals surface area (Å²) >= 11 is 0.745. The Kier molecular flexibility index (Phi) is 6.75. The summed E-state index contributed by atoms with van der Waals surface area (Å²) in [4.78, 5) is 50.3. The lowest BCUT2D eigenvalue weighted by molar-refractivity contribution is -0.136. The van der Waals surface area contributed by atoms with Gasteiger partial charge in [-0.25, -0.2) is 15.1 Å². The Morgan fingerprint density at radius 3 is 2.87 bits per heavy atom. The minimum absolute atomic E-state index is 0.0293. The lowest BCUT2D eigenvalue weighted by atomic mass is 10.2. The number of hydrogen-bond donors (Lipinski definition) is 2. The van der Waals surface area contributed by atoms with E-state index >= 15 is 0 Å². The minimum atomic E-state index is -0.816. The third-order valence-corrected chi connectivity index (χ3v) is 4.69. The molecule has 30 heavy (non-hydrogen) atoms. The van der Waals surface area contributed by atoms with Crippen molar-refractivity contribution in [1.29, 1.82) is 0 Å². The van der Waals surface area contributed by atoms with Gasteiger partial charge in [0.15, 0.2) is 11.5 Å². The highest BCUT2D eigenvalue weighted by atomic mass is 32.2. The Hall–Kier alpha value is -3.74. The van der Waals surface area contributed by atoms with Gasteiger partial charge in [0.05, 0.1) is 19.7 Å². The van der Waals surface area contributed by atoms with Gasteiger partial charge >= 0.3 is 5.97 Å². The Labute approximate surface area is 174 Å². The van der Waals surface area contributed by atoms with Gasteiger partial charge in [0.25, 0.3) is 11.1 Å². The maximum absolute atomic E-state index is 12.1. The Morgan fingerprint density at radius 2 is 2.20 bits per heavy atom. The lowest BCUT2D eigenvalue weighted by Crippen LogP contribution is -2.27. The number of carbonyl (C=O) groups excluding carboxylic acids is 4. The van der Waals surface area contributed by atoms with Gasteiger partial charge in [-0.2, -0.15) is 10.2 Å². The second kappa shape index (κ2) is 9.65. The van der Waals surface area contributed by atoms with Crippen LogP contribution in [0.4, 0.5) is 4.79 Å². The highest BCUT2D eigenvalue weighted by Gasteiger charge is 2.34. The van der Waals surface area contributed by atoms with E-state index < -0.39 is 22.4 Å². The van der Waals surface area contributed by atoms with Crippen molar-refractivity contribution in [2.45, 2.75) is 18.2 Å². The first-order valence-electron chi connectivity index (χ1n) is 8.49. The standard InChI is InChI=1S/C17H16N6O6S/c1-28-12-4-10(6-19-22-14(24)7-23-9-18-8-20-23)2-3-11(12)29-15(25)5-13-16(26)21-17(27)30-13/h2-4,6,8-9,13H,5,7H2,1H3,(H,22,24)(H,21,26,27)/b19-6-/t13-/m0/s1. The summed E-state index contributed by atoms with van der Waals surface area (Å²) < 4.78 is 11.8. The molecule has 0 bridgehead atoms. The van der Waals surface area contributed by atoms with E-state index in [1.807, 2.05) is 0 Å². The van der Waals surface area contributed by atoms with Crippen LogP contribution < -0.4 is 20.2 Å². The zero-order chi connectivity index (χ0) is 21.5. The Morgan fingerprint density at radius 1 is 1.37 bits per heavy atom. The fourth-order valence-electron chi connectivity index (χ4n) is 2.37. The van der Waals surface area contributed by atoms with Crippen molar-refractivity contribution >= 4 is 41.0 Å². The van der Waals surface area contributed by atoms with Crippen molar-refractivity contribution in [3.63, 3.8) is 0 Å². The van der Waals surface area contributed by atoms with E-state index in [2.05, 4.69) is 25.9 Å². The molecule has 0 aliphatic carbocycles. The summed E-state index contributed by atoms with van der Waals surface area (Å²) in [5.41, 5.74) is 2.92. The second-order valence-corrected chi connectivity index (χ2v) is 7.03. The van der Waals surface area contributed by atoms with E-state index in [1.165, 1.54) is 36.7 Å². The smallest absolute Gasteiger partial charge is 0.312 e. The molecule has 156 valence electrons. The van der Waals surface area contributed by atoms with Gasteiger partial charge in [0, 0.05) is 0 Å². The molecule has 0 spiro atoms. The third-order valence-electron chi connectivity index (χ3n) is 3.71. The van der Waals surface area contributed by atoms with Crippen LogP contribution in [0.25, 0.3) is 0 Å². The number of aromatic nitrogens is 3. The first-order valence-corrected chi connectivity index (χ1v) is 9.37. The summed E-state index contributed by atoms with van der Waals surface area (Å²) in [5, 5.41) is 8.45. The van der Waals surface area contributed by atoms with Crippen molar-refractivity contribution in [2.24, 2.45) is 5.10 Å². The highest BCUT2D eigenvalue weighted by Crippen LogP contribution is 2.29. The van der Waals surface area contributed by atoms with Crippen LogP contribution in [-0.4, -0.2) is 56.4 Å². The number of benzene rings is 1. The van der Waals surface area contributed by atoms with Gasteiger partial charge in [-0.1, -0.05) is 11.8 Å². The molecule has 1 aromatic heterocycles. The van der Waals surface area contributed by atoms with E-state index in [-0.39, 0.29) is 30.4 Å². The van der Waals surface area contributed by atoms with E-state index in [4.69, 9.17) is 9.47 Å². The maximum Gasteiger partial charge on any atom is 0.312 e. The van der Waals surface area contributed by atoms with Crippen LogP contribution >= 0.6 is 11.8 Å². The van der Waals surface area contributed by atoms with Crippen molar-refractivity contribution < 1.29 is 28.7 Å². The van der Waals surface area contributed by atoms with Crippen molar-refractivity contribution in [2.75, 3.05) is 7.11 Å². The number of hydrogen-bond acceptors (Lipinski definition) is 10. The number of esters is 1. The average molecular weight is 432 g/mol. The van der Waals surface area contributed by atoms with Crippen molar-refractivity contribution in [1.82, 2.24) is 25.5 Å². The number of amides is 3. The molecule has 1 fully saturated rings. The van der Waals surface area contributed by atoms with Gasteiger partial charge < -0.3 is 9.47 Å². The van der Waals surface area contributed by atoms with E-state index in [9.17, 15) is 19.2 Å². The molecule has 1 atom stereocenters. The third kappa shape index (κ3) is 5.64. The molecule has 0 radical (unpaired) electrons. The molecule has 0 unspecified atom stereocenters. The summed E-state index contributed by atoms with van der Waals surface area (Å²) in [5.74, 6) is -1.20. The predicted octanol–water partition coefficient (Wildman–Crippen LogP) is 0.0841. The summed E-state index contributed by atoms with van der Waals surface area (Å²) in [6.07, 6.45) is 3.85. The highest BCUT2D eigenvalue weighted by molar-refractivity contribution is 8.15. The molecule has 2 N–H and O–H groups in total. The second-order valence-electron chi connectivity index (χ2n) is 5.86. The monoisotopic (exact) mass is 432 g/mol. The molecule has 2 aromatic rings. The maximum atomic E-state index is 12.1. The molecule has 0 saturated carbocycles. The van der Waals surface area contributed by atoms with E-state index in [0.29, 0.717) is 5.56 Å². The summed E-state index contributed by atoms with van der Waals surface area (Å²) in [6.45, 7) is -0.0293. The number of nitrogens with zero attached hydrogens (tertiary/aromatic N) is 4. The quantitative estimate of drug-likeness (QED) is 0.255. The SMILES string of the molecule is COc1cc(/C=N\NC(=O)Cn2cncn2)ccc1OC(=O)C[C@@H]1SC(=O)NC1=O. The Bertz CT molecular complexity index is 993. The summed E-state index contributed by atoms with van der Waals surface area (Å²) in [6, 6.07) is 4.64. The van der Waals surface area contributed by atoms with Crippen LogP contribution in [-0.2, 0) is 20.9 Å². The largest absolute Gasteiger partial charge is 0.493 e. The molecular weight excluding hydrogens is 416 g/mol. The number of hydrazone groups is 1.